The van der Waals surface area contributed by atoms with Gasteiger partial charge in [0.1, 0.15) is 4.90 Å². The summed E-state index contributed by atoms with van der Waals surface area (Å²) in [5, 5.41) is 3.93. The van der Waals surface area contributed by atoms with Gasteiger partial charge in [-0.2, -0.15) is 9.40 Å². The second-order valence-electron chi connectivity index (χ2n) is 5.99. The first-order valence-electron chi connectivity index (χ1n) is 7.84. The SMILES string of the molecule is Cn1cc(S(=O)(=O)N2CCCN(C(=O)[C@@H]3CCOC3)CC2)cn1. The van der Waals surface area contributed by atoms with E-state index in [4.69, 9.17) is 4.74 Å². The molecule has 1 aromatic rings. The highest BCUT2D eigenvalue weighted by Gasteiger charge is 2.32. The quantitative estimate of drug-likeness (QED) is 0.752. The lowest BCUT2D eigenvalue weighted by Gasteiger charge is -2.23. The Morgan fingerprint density at radius 1 is 1.30 bits per heavy atom. The molecule has 8 nitrogen and oxygen atoms in total. The summed E-state index contributed by atoms with van der Waals surface area (Å²) >= 11 is 0. The van der Waals surface area contributed by atoms with Gasteiger partial charge in [-0.3, -0.25) is 9.48 Å². The number of sulfonamides is 1. The highest BCUT2D eigenvalue weighted by atomic mass is 32.2. The number of nitrogens with zero attached hydrogens (tertiary/aromatic N) is 4. The minimum absolute atomic E-state index is 0.0727. The fourth-order valence-corrected chi connectivity index (χ4v) is 4.48. The molecule has 0 N–H and O–H groups in total. The van der Waals surface area contributed by atoms with Crippen molar-refractivity contribution in [1.82, 2.24) is 19.0 Å². The molecular formula is C14H22N4O4S. The van der Waals surface area contributed by atoms with E-state index in [0.29, 0.717) is 45.8 Å². The molecule has 0 saturated carbocycles. The summed E-state index contributed by atoms with van der Waals surface area (Å²) in [6.45, 7) is 2.86. The summed E-state index contributed by atoms with van der Waals surface area (Å²) in [6.07, 6.45) is 4.25. The lowest BCUT2D eigenvalue weighted by atomic mass is 10.1. The van der Waals surface area contributed by atoms with E-state index >= 15 is 0 Å². The maximum absolute atomic E-state index is 12.6. The smallest absolute Gasteiger partial charge is 0.246 e. The van der Waals surface area contributed by atoms with E-state index in [1.54, 1.807) is 11.9 Å². The zero-order valence-corrected chi connectivity index (χ0v) is 14.0. The summed E-state index contributed by atoms with van der Waals surface area (Å²) in [4.78, 5) is 14.4. The van der Waals surface area contributed by atoms with Crippen molar-refractivity contribution in [1.29, 1.82) is 0 Å². The van der Waals surface area contributed by atoms with Crippen molar-refractivity contribution in [2.24, 2.45) is 13.0 Å². The predicted octanol–water partition coefficient (Wildman–Crippen LogP) is -0.320. The minimum atomic E-state index is -3.55. The fourth-order valence-electron chi connectivity index (χ4n) is 3.02. The molecule has 9 heteroatoms. The summed E-state index contributed by atoms with van der Waals surface area (Å²) in [6, 6.07) is 0. The Morgan fingerprint density at radius 2 is 2.13 bits per heavy atom. The second-order valence-corrected chi connectivity index (χ2v) is 7.93. The summed E-state index contributed by atoms with van der Waals surface area (Å²) in [7, 11) is -1.86. The van der Waals surface area contributed by atoms with Gasteiger partial charge in [-0.15, -0.1) is 0 Å². The molecule has 2 aliphatic rings. The van der Waals surface area contributed by atoms with Gasteiger partial charge in [0.15, 0.2) is 0 Å². The van der Waals surface area contributed by atoms with Crippen LogP contribution in [0.15, 0.2) is 17.3 Å². The Hall–Kier alpha value is -1.45. The van der Waals surface area contributed by atoms with E-state index in [-0.39, 0.29) is 16.7 Å². The third-order valence-electron chi connectivity index (χ3n) is 4.36. The molecule has 1 atom stereocenters. The molecule has 0 spiro atoms. The van der Waals surface area contributed by atoms with Crippen LogP contribution in [0.25, 0.3) is 0 Å². The average molecular weight is 342 g/mol. The van der Waals surface area contributed by atoms with Gasteiger partial charge in [-0.05, 0) is 12.8 Å². The van der Waals surface area contributed by atoms with E-state index in [1.807, 2.05) is 0 Å². The van der Waals surface area contributed by atoms with Crippen molar-refractivity contribution in [3.63, 3.8) is 0 Å². The number of aryl methyl sites for hydroxylation is 1. The van der Waals surface area contributed by atoms with Crippen LogP contribution in [0.2, 0.25) is 0 Å². The Labute approximate surface area is 136 Å². The number of carbonyl (C=O) groups excluding carboxylic acids is 1. The molecular weight excluding hydrogens is 320 g/mol. The molecule has 0 bridgehead atoms. The number of amides is 1. The van der Waals surface area contributed by atoms with Gasteiger partial charge >= 0.3 is 0 Å². The number of ether oxygens (including phenoxy) is 1. The minimum Gasteiger partial charge on any atom is -0.381 e. The molecule has 0 aromatic carbocycles. The van der Waals surface area contributed by atoms with Gasteiger partial charge in [0.25, 0.3) is 0 Å². The van der Waals surface area contributed by atoms with Crippen LogP contribution < -0.4 is 0 Å². The first-order chi connectivity index (χ1) is 11.0. The largest absolute Gasteiger partial charge is 0.381 e. The highest BCUT2D eigenvalue weighted by molar-refractivity contribution is 7.89. The monoisotopic (exact) mass is 342 g/mol. The highest BCUT2D eigenvalue weighted by Crippen LogP contribution is 2.20. The molecule has 1 amide bonds. The number of hydrogen-bond donors (Lipinski definition) is 0. The van der Waals surface area contributed by atoms with Gasteiger partial charge in [-0.1, -0.05) is 0 Å². The molecule has 128 valence electrons. The first-order valence-corrected chi connectivity index (χ1v) is 9.28. The van der Waals surface area contributed by atoms with E-state index in [0.717, 1.165) is 6.42 Å². The van der Waals surface area contributed by atoms with Crippen LogP contribution >= 0.6 is 0 Å². The lowest BCUT2D eigenvalue weighted by molar-refractivity contribution is -0.135. The summed E-state index contributed by atoms with van der Waals surface area (Å²) in [5.74, 6) is 0.0135. The van der Waals surface area contributed by atoms with Crippen LogP contribution in [0.3, 0.4) is 0 Å². The van der Waals surface area contributed by atoms with Crippen molar-refractivity contribution in [3.8, 4) is 0 Å². The molecule has 3 rings (SSSR count). The molecule has 0 radical (unpaired) electrons. The molecule has 2 fully saturated rings. The molecule has 2 aliphatic heterocycles. The molecule has 3 heterocycles. The van der Waals surface area contributed by atoms with Gasteiger partial charge in [-0.25, -0.2) is 8.42 Å². The summed E-state index contributed by atoms with van der Waals surface area (Å²) < 4.78 is 33.5. The van der Waals surface area contributed by atoms with Crippen molar-refractivity contribution in [3.05, 3.63) is 12.4 Å². The zero-order valence-electron chi connectivity index (χ0n) is 13.2. The molecule has 1 aromatic heterocycles. The van der Waals surface area contributed by atoms with Crippen molar-refractivity contribution in [2.75, 3.05) is 39.4 Å². The maximum atomic E-state index is 12.6. The Bertz CT molecular complexity index is 666. The Kier molecular flexibility index (Phi) is 4.69. The third kappa shape index (κ3) is 3.41. The number of hydrogen-bond acceptors (Lipinski definition) is 5. The first kappa shape index (κ1) is 16.4. The van der Waals surface area contributed by atoms with Gasteiger partial charge in [0, 0.05) is 46.0 Å². The Morgan fingerprint density at radius 3 is 2.78 bits per heavy atom. The lowest BCUT2D eigenvalue weighted by Crippen LogP contribution is -2.40. The third-order valence-corrected chi connectivity index (χ3v) is 6.22. The predicted molar refractivity (Wildman–Crippen MR) is 82.1 cm³/mol. The van der Waals surface area contributed by atoms with Crippen molar-refractivity contribution >= 4 is 15.9 Å². The van der Waals surface area contributed by atoms with E-state index in [1.165, 1.54) is 21.4 Å². The standard InChI is InChI=1S/C14H22N4O4S/c1-16-10-13(9-15-16)23(20,21)18-5-2-4-17(6-7-18)14(19)12-3-8-22-11-12/h9-10,12H,2-8,11H2,1H3/t12-/m1/s1. The van der Waals surface area contributed by atoms with Crippen molar-refractivity contribution < 1.29 is 17.9 Å². The van der Waals surface area contributed by atoms with Crippen LogP contribution in [-0.2, 0) is 26.6 Å². The normalized spacial score (nSPS) is 23.9. The summed E-state index contributed by atoms with van der Waals surface area (Å²) in [5.41, 5.74) is 0. The number of rotatable bonds is 3. The zero-order chi connectivity index (χ0) is 16.4. The van der Waals surface area contributed by atoms with Crippen LogP contribution in [0.5, 0.6) is 0 Å². The number of aromatic nitrogens is 2. The van der Waals surface area contributed by atoms with E-state index in [9.17, 15) is 13.2 Å². The van der Waals surface area contributed by atoms with E-state index < -0.39 is 10.0 Å². The Balaban J connectivity index is 1.67. The average Bonchev–Trinajstić information content (AvgIpc) is 3.13. The van der Waals surface area contributed by atoms with Gasteiger partial charge in [0.2, 0.25) is 15.9 Å². The van der Waals surface area contributed by atoms with Crippen LogP contribution in [-0.4, -0.2) is 72.7 Å². The van der Waals surface area contributed by atoms with Crippen molar-refractivity contribution in [2.45, 2.75) is 17.7 Å². The molecule has 0 unspecified atom stereocenters. The molecule has 2 saturated heterocycles. The van der Waals surface area contributed by atoms with Gasteiger partial charge < -0.3 is 9.64 Å². The fraction of sp³-hybridized carbons (Fsp3) is 0.714. The van der Waals surface area contributed by atoms with Crippen LogP contribution in [0.4, 0.5) is 0 Å². The van der Waals surface area contributed by atoms with Gasteiger partial charge in [0.05, 0.1) is 18.7 Å². The molecule has 0 aliphatic carbocycles. The van der Waals surface area contributed by atoms with Crippen LogP contribution in [0.1, 0.15) is 12.8 Å². The number of carbonyl (C=O) groups is 1. The van der Waals surface area contributed by atoms with E-state index in [2.05, 4.69) is 5.10 Å². The maximum Gasteiger partial charge on any atom is 0.246 e. The molecule has 23 heavy (non-hydrogen) atoms. The van der Waals surface area contributed by atoms with Crippen LogP contribution in [0, 0.1) is 5.92 Å². The second kappa shape index (κ2) is 6.58. The topological polar surface area (TPSA) is 84.7 Å².